The van der Waals surface area contributed by atoms with Gasteiger partial charge in [-0.3, -0.25) is 9.78 Å². The molecule has 0 atom stereocenters. The Kier molecular flexibility index (Phi) is 3.58. The summed E-state index contributed by atoms with van der Waals surface area (Å²) in [6.07, 6.45) is 7.87. The van der Waals surface area contributed by atoms with Gasteiger partial charge in [-0.15, -0.1) is 0 Å². The second-order valence-corrected chi connectivity index (χ2v) is 6.24. The summed E-state index contributed by atoms with van der Waals surface area (Å²) in [6, 6.07) is 7.37. The molecule has 0 fully saturated rings. The highest BCUT2D eigenvalue weighted by Gasteiger charge is 2.26. The first-order valence-electron chi connectivity index (χ1n) is 7.66. The Morgan fingerprint density at radius 1 is 1.21 bits per heavy atom. The van der Waals surface area contributed by atoms with Gasteiger partial charge in [0.1, 0.15) is 5.82 Å². The number of rotatable bonds is 2. The number of aryl methyl sites for hydroxylation is 1. The van der Waals surface area contributed by atoms with E-state index in [1.54, 1.807) is 35.6 Å². The van der Waals surface area contributed by atoms with Crippen molar-refractivity contribution in [3.8, 4) is 11.4 Å². The summed E-state index contributed by atoms with van der Waals surface area (Å²) >= 11 is 6.03. The molecule has 0 saturated carbocycles. The van der Waals surface area contributed by atoms with E-state index in [0.29, 0.717) is 17.1 Å². The van der Waals surface area contributed by atoms with Crippen LogP contribution in [-0.2, 0) is 13.5 Å². The Labute approximate surface area is 144 Å². The van der Waals surface area contributed by atoms with Crippen molar-refractivity contribution >= 4 is 23.2 Å². The fraction of sp³-hybridized carbons (Fsp3) is 0.167. The Bertz CT molecular complexity index is 934. The number of halogens is 1. The summed E-state index contributed by atoms with van der Waals surface area (Å²) < 4.78 is 1.93. The zero-order chi connectivity index (χ0) is 16.7. The van der Waals surface area contributed by atoms with E-state index in [9.17, 15) is 4.79 Å². The molecule has 1 amide bonds. The summed E-state index contributed by atoms with van der Waals surface area (Å²) in [5.74, 6) is 0.799. The molecule has 3 heterocycles. The number of pyridine rings is 1. The standard InChI is InChI=1S/C18H15ClN4O/c1-22-7-5-21-17(22)13-9-15(11-20-10-13)23-6-4-12-8-14(19)2-3-16(12)18(23)24/h2-3,5,7-11H,4,6H2,1H3. The van der Waals surface area contributed by atoms with Crippen LogP contribution in [0.1, 0.15) is 15.9 Å². The van der Waals surface area contributed by atoms with Gasteiger partial charge >= 0.3 is 0 Å². The molecule has 120 valence electrons. The second kappa shape index (κ2) is 5.76. The molecular formula is C18H15ClN4O. The Morgan fingerprint density at radius 2 is 2.08 bits per heavy atom. The second-order valence-electron chi connectivity index (χ2n) is 5.80. The highest BCUT2D eigenvalue weighted by atomic mass is 35.5. The van der Waals surface area contributed by atoms with Crippen LogP contribution in [-0.4, -0.2) is 27.0 Å². The molecule has 2 aromatic heterocycles. The summed E-state index contributed by atoms with van der Waals surface area (Å²) in [5.41, 5.74) is 3.36. The Balaban J connectivity index is 1.71. The molecule has 1 aliphatic heterocycles. The minimum atomic E-state index is -0.0216. The third kappa shape index (κ3) is 2.47. The number of amides is 1. The predicted octanol–water partition coefficient (Wildman–Crippen LogP) is 3.34. The predicted molar refractivity (Wildman–Crippen MR) is 93.3 cm³/mol. The number of imidazole rings is 1. The molecule has 1 aromatic carbocycles. The largest absolute Gasteiger partial charge is 0.334 e. The van der Waals surface area contributed by atoms with Crippen molar-refractivity contribution in [2.75, 3.05) is 11.4 Å². The van der Waals surface area contributed by atoms with Gasteiger partial charge in [-0.25, -0.2) is 4.98 Å². The fourth-order valence-corrected chi connectivity index (χ4v) is 3.24. The first-order chi connectivity index (χ1) is 11.6. The monoisotopic (exact) mass is 338 g/mol. The van der Waals surface area contributed by atoms with E-state index < -0.39 is 0 Å². The van der Waals surface area contributed by atoms with Gasteiger partial charge in [0, 0.05) is 48.3 Å². The van der Waals surface area contributed by atoms with Gasteiger partial charge in [-0.2, -0.15) is 0 Å². The van der Waals surface area contributed by atoms with Gasteiger partial charge in [0.05, 0.1) is 11.9 Å². The Morgan fingerprint density at radius 3 is 2.88 bits per heavy atom. The van der Waals surface area contributed by atoms with Gasteiger partial charge < -0.3 is 9.47 Å². The quantitative estimate of drug-likeness (QED) is 0.720. The third-order valence-electron chi connectivity index (χ3n) is 4.26. The molecule has 0 radical (unpaired) electrons. The van der Waals surface area contributed by atoms with E-state index in [1.165, 1.54) is 0 Å². The number of nitrogens with zero attached hydrogens (tertiary/aromatic N) is 4. The Hall–Kier alpha value is -2.66. The average molecular weight is 339 g/mol. The minimum absolute atomic E-state index is 0.0216. The van der Waals surface area contributed by atoms with Gasteiger partial charge in [0.15, 0.2) is 0 Å². The van der Waals surface area contributed by atoms with Crippen LogP contribution in [0.3, 0.4) is 0 Å². The zero-order valence-electron chi connectivity index (χ0n) is 13.1. The lowest BCUT2D eigenvalue weighted by atomic mass is 9.98. The number of aromatic nitrogens is 3. The van der Waals surface area contributed by atoms with Crippen molar-refractivity contribution in [1.29, 1.82) is 0 Å². The first kappa shape index (κ1) is 14.9. The molecule has 0 bridgehead atoms. The summed E-state index contributed by atoms with van der Waals surface area (Å²) in [6.45, 7) is 0.609. The molecule has 0 spiro atoms. The summed E-state index contributed by atoms with van der Waals surface area (Å²) in [5, 5.41) is 0.661. The molecule has 0 N–H and O–H groups in total. The lowest BCUT2D eigenvalue weighted by Crippen LogP contribution is -2.37. The van der Waals surface area contributed by atoms with E-state index in [0.717, 1.165) is 29.1 Å². The number of carbonyl (C=O) groups is 1. The lowest BCUT2D eigenvalue weighted by molar-refractivity contribution is 0.0980. The molecule has 5 nitrogen and oxygen atoms in total. The van der Waals surface area contributed by atoms with Crippen LogP contribution in [0.4, 0.5) is 5.69 Å². The van der Waals surface area contributed by atoms with Crippen LogP contribution in [0, 0.1) is 0 Å². The van der Waals surface area contributed by atoms with E-state index in [1.807, 2.05) is 29.9 Å². The average Bonchev–Trinajstić information content (AvgIpc) is 3.01. The molecule has 24 heavy (non-hydrogen) atoms. The van der Waals surface area contributed by atoms with E-state index in [4.69, 9.17) is 11.6 Å². The van der Waals surface area contributed by atoms with E-state index in [2.05, 4.69) is 9.97 Å². The van der Waals surface area contributed by atoms with Crippen molar-refractivity contribution in [1.82, 2.24) is 14.5 Å². The van der Waals surface area contributed by atoms with Crippen molar-refractivity contribution in [2.45, 2.75) is 6.42 Å². The number of carbonyl (C=O) groups excluding carboxylic acids is 1. The number of fused-ring (bicyclic) bond motifs is 1. The normalized spacial score (nSPS) is 13.9. The summed E-state index contributed by atoms with van der Waals surface area (Å²) in [7, 11) is 1.93. The molecule has 6 heteroatoms. The highest BCUT2D eigenvalue weighted by molar-refractivity contribution is 6.30. The minimum Gasteiger partial charge on any atom is -0.334 e. The molecular weight excluding hydrogens is 324 g/mol. The van der Waals surface area contributed by atoms with Gasteiger partial charge in [0.2, 0.25) is 0 Å². The van der Waals surface area contributed by atoms with Crippen LogP contribution in [0.2, 0.25) is 5.02 Å². The highest BCUT2D eigenvalue weighted by Crippen LogP contribution is 2.28. The van der Waals surface area contributed by atoms with Crippen molar-refractivity contribution in [2.24, 2.45) is 7.05 Å². The summed E-state index contributed by atoms with van der Waals surface area (Å²) in [4.78, 5) is 23.2. The first-order valence-corrected chi connectivity index (χ1v) is 8.04. The van der Waals surface area contributed by atoms with Crippen molar-refractivity contribution in [3.05, 3.63) is 65.2 Å². The van der Waals surface area contributed by atoms with Gasteiger partial charge in [-0.1, -0.05) is 11.6 Å². The molecule has 3 aromatic rings. The van der Waals surface area contributed by atoms with Crippen molar-refractivity contribution in [3.63, 3.8) is 0 Å². The number of hydrogen-bond acceptors (Lipinski definition) is 3. The van der Waals surface area contributed by atoms with Gasteiger partial charge in [0.25, 0.3) is 5.91 Å². The van der Waals surface area contributed by atoms with Crippen LogP contribution >= 0.6 is 11.6 Å². The molecule has 0 saturated heterocycles. The molecule has 0 unspecified atom stereocenters. The van der Waals surface area contributed by atoms with Crippen molar-refractivity contribution < 1.29 is 4.79 Å². The van der Waals surface area contributed by atoms with E-state index >= 15 is 0 Å². The zero-order valence-corrected chi connectivity index (χ0v) is 13.9. The molecule has 4 rings (SSSR count). The maximum atomic E-state index is 12.8. The topological polar surface area (TPSA) is 51.0 Å². The lowest BCUT2D eigenvalue weighted by Gasteiger charge is -2.28. The number of anilines is 1. The van der Waals surface area contributed by atoms with Crippen LogP contribution in [0.25, 0.3) is 11.4 Å². The van der Waals surface area contributed by atoms with Gasteiger partial charge in [-0.05, 0) is 36.2 Å². The number of hydrogen-bond donors (Lipinski definition) is 0. The smallest absolute Gasteiger partial charge is 0.258 e. The molecule has 1 aliphatic rings. The van der Waals surface area contributed by atoms with E-state index in [-0.39, 0.29) is 5.91 Å². The molecule has 0 aliphatic carbocycles. The van der Waals surface area contributed by atoms with Crippen LogP contribution in [0.5, 0.6) is 0 Å². The number of benzene rings is 1. The maximum Gasteiger partial charge on any atom is 0.258 e. The van der Waals surface area contributed by atoms with Crippen LogP contribution < -0.4 is 4.90 Å². The SMILES string of the molecule is Cn1ccnc1-c1cncc(N2CCc3cc(Cl)ccc3C2=O)c1. The fourth-order valence-electron chi connectivity index (χ4n) is 3.04. The van der Waals surface area contributed by atoms with Crippen LogP contribution in [0.15, 0.2) is 49.1 Å². The maximum absolute atomic E-state index is 12.8. The third-order valence-corrected chi connectivity index (χ3v) is 4.50.